The Morgan fingerprint density at radius 2 is 1.47 bits per heavy atom. The maximum Gasteiger partial charge on any atom is 0.137 e. The van der Waals surface area contributed by atoms with Crippen LogP contribution in [0.1, 0.15) is 27.8 Å². The van der Waals surface area contributed by atoms with E-state index in [0.29, 0.717) is 0 Å². The standard InChI is InChI=1S/C40H34N4O/c1-26-17-18-41-38(22-26)44-35-13-6-5-12-33(35)34-16-15-32(24-36(34)44)45-31-11-9-10-30(23-31)37-25-43(39-14-7-8-19-42(37)39)40-28(3)20-27(2)21-29(40)4/h5-25,39H,1-4H3. The zero-order valence-electron chi connectivity index (χ0n) is 25.9. The number of hydrogen-bond donors (Lipinski definition) is 0. The second-order valence-electron chi connectivity index (χ2n) is 12.1. The van der Waals surface area contributed by atoms with E-state index in [2.05, 4.69) is 152 Å². The Morgan fingerprint density at radius 1 is 0.667 bits per heavy atom. The molecule has 5 heteroatoms. The van der Waals surface area contributed by atoms with Gasteiger partial charge in [0.1, 0.15) is 23.5 Å². The lowest BCUT2D eigenvalue weighted by Gasteiger charge is -2.33. The van der Waals surface area contributed by atoms with Crippen molar-refractivity contribution in [2.45, 2.75) is 33.9 Å². The minimum Gasteiger partial charge on any atom is -0.457 e. The topological polar surface area (TPSA) is 33.5 Å². The third-order valence-electron chi connectivity index (χ3n) is 8.79. The summed E-state index contributed by atoms with van der Waals surface area (Å²) >= 11 is 0. The van der Waals surface area contributed by atoms with Crippen molar-refractivity contribution in [1.82, 2.24) is 14.5 Å². The van der Waals surface area contributed by atoms with Crippen molar-refractivity contribution in [3.8, 4) is 17.3 Å². The summed E-state index contributed by atoms with van der Waals surface area (Å²) in [6.45, 7) is 8.66. The van der Waals surface area contributed by atoms with Crippen LogP contribution in [0.25, 0.3) is 33.3 Å². The van der Waals surface area contributed by atoms with E-state index in [9.17, 15) is 0 Å². The lowest BCUT2D eigenvalue weighted by atomic mass is 10.0. The predicted molar refractivity (Wildman–Crippen MR) is 185 cm³/mol. The first-order chi connectivity index (χ1) is 21.9. The van der Waals surface area contributed by atoms with E-state index in [-0.39, 0.29) is 6.17 Å². The molecule has 0 spiro atoms. The average molecular weight is 587 g/mol. The molecule has 4 heterocycles. The van der Waals surface area contributed by atoms with E-state index in [1.807, 2.05) is 18.3 Å². The molecule has 2 aliphatic heterocycles. The normalized spacial score (nSPS) is 15.6. The maximum atomic E-state index is 6.57. The number of nitrogens with zero attached hydrogens (tertiary/aromatic N) is 4. The van der Waals surface area contributed by atoms with E-state index in [4.69, 9.17) is 9.72 Å². The molecule has 0 bridgehead atoms. The highest BCUT2D eigenvalue weighted by molar-refractivity contribution is 6.09. The Bertz CT molecular complexity index is 2200. The zero-order chi connectivity index (χ0) is 30.7. The van der Waals surface area contributed by atoms with Crippen molar-refractivity contribution < 1.29 is 4.74 Å². The highest BCUT2D eigenvalue weighted by Gasteiger charge is 2.33. The van der Waals surface area contributed by atoms with Crippen LogP contribution < -0.4 is 9.64 Å². The quantitative estimate of drug-likeness (QED) is 0.201. The van der Waals surface area contributed by atoms with Gasteiger partial charge in [-0.3, -0.25) is 4.57 Å². The summed E-state index contributed by atoms with van der Waals surface area (Å²) in [5, 5.41) is 2.36. The smallest absolute Gasteiger partial charge is 0.137 e. The monoisotopic (exact) mass is 586 g/mol. The van der Waals surface area contributed by atoms with Crippen molar-refractivity contribution in [3.05, 3.63) is 156 Å². The molecule has 1 unspecified atom stereocenters. The second kappa shape index (κ2) is 10.6. The van der Waals surface area contributed by atoms with Gasteiger partial charge in [0.15, 0.2) is 0 Å². The summed E-state index contributed by atoms with van der Waals surface area (Å²) in [6, 6.07) is 31.9. The van der Waals surface area contributed by atoms with Gasteiger partial charge in [-0.15, -0.1) is 0 Å². The summed E-state index contributed by atoms with van der Waals surface area (Å²) < 4.78 is 8.80. The van der Waals surface area contributed by atoms with Crippen LogP contribution in [-0.2, 0) is 0 Å². The van der Waals surface area contributed by atoms with Gasteiger partial charge in [-0.2, -0.15) is 0 Å². The summed E-state index contributed by atoms with van der Waals surface area (Å²) in [4.78, 5) is 9.44. The van der Waals surface area contributed by atoms with Gasteiger partial charge in [0.2, 0.25) is 0 Å². The van der Waals surface area contributed by atoms with Gasteiger partial charge in [-0.05, 0) is 99.0 Å². The first kappa shape index (κ1) is 27.0. The van der Waals surface area contributed by atoms with Crippen LogP contribution in [0.15, 0.2) is 128 Å². The van der Waals surface area contributed by atoms with E-state index < -0.39 is 0 Å². The third-order valence-corrected chi connectivity index (χ3v) is 8.79. The molecule has 0 aliphatic carbocycles. The number of rotatable bonds is 5. The van der Waals surface area contributed by atoms with Crippen LogP contribution in [0.4, 0.5) is 5.69 Å². The number of allylic oxidation sites excluding steroid dienone is 2. The molecule has 0 fully saturated rings. The SMILES string of the molecule is Cc1ccnc(-n2c3ccccc3c3ccc(Oc4cccc(C5=CN(c6c(C)cc(C)cc6C)C6C=CC=CN56)c4)cc32)c1. The fraction of sp³-hybridized carbons (Fsp3) is 0.125. The fourth-order valence-corrected chi connectivity index (χ4v) is 6.97. The molecular weight excluding hydrogens is 552 g/mol. The van der Waals surface area contributed by atoms with Gasteiger partial charge in [-0.25, -0.2) is 4.98 Å². The Labute approximate surface area is 263 Å². The molecule has 220 valence electrons. The molecule has 4 aromatic carbocycles. The molecule has 5 nitrogen and oxygen atoms in total. The number of para-hydroxylation sites is 1. The number of benzene rings is 4. The number of aromatic nitrogens is 2. The third kappa shape index (κ3) is 4.59. The number of hydrogen-bond acceptors (Lipinski definition) is 4. The van der Waals surface area contributed by atoms with E-state index >= 15 is 0 Å². The molecule has 2 aromatic heterocycles. The van der Waals surface area contributed by atoms with Crippen LogP contribution in [0.5, 0.6) is 11.5 Å². The Kier molecular flexibility index (Phi) is 6.35. The van der Waals surface area contributed by atoms with Gasteiger partial charge >= 0.3 is 0 Å². The number of ether oxygens (including phenoxy) is 1. The Hall–Kier alpha value is -5.55. The van der Waals surface area contributed by atoms with Crippen LogP contribution >= 0.6 is 0 Å². The highest BCUT2D eigenvalue weighted by atomic mass is 16.5. The summed E-state index contributed by atoms with van der Waals surface area (Å²) in [6.07, 6.45) is 12.9. The van der Waals surface area contributed by atoms with E-state index in [1.165, 1.54) is 38.7 Å². The molecule has 0 saturated heterocycles. The van der Waals surface area contributed by atoms with Crippen LogP contribution in [0.3, 0.4) is 0 Å². The predicted octanol–water partition coefficient (Wildman–Crippen LogP) is 9.73. The van der Waals surface area contributed by atoms with Gasteiger partial charge in [-0.1, -0.05) is 54.1 Å². The molecule has 1 atom stereocenters. The summed E-state index contributed by atoms with van der Waals surface area (Å²) in [5.41, 5.74) is 10.7. The molecule has 2 aliphatic rings. The largest absolute Gasteiger partial charge is 0.457 e. The second-order valence-corrected chi connectivity index (χ2v) is 12.1. The Balaban J connectivity index is 1.18. The first-order valence-electron chi connectivity index (χ1n) is 15.4. The van der Waals surface area contributed by atoms with Crippen LogP contribution in [-0.4, -0.2) is 20.6 Å². The van der Waals surface area contributed by atoms with E-state index in [1.54, 1.807) is 0 Å². The lowest BCUT2D eigenvalue weighted by molar-refractivity contribution is 0.469. The van der Waals surface area contributed by atoms with Gasteiger partial charge in [0.25, 0.3) is 0 Å². The zero-order valence-corrected chi connectivity index (χ0v) is 25.9. The highest BCUT2D eigenvalue weighted by Crippen LogP contribution is 2.41. The molecule has 0 saturated carbocycles. The fourth-order valence-electron chi connectivity index (χ4n) is 6.97. The van der Waals surface area contributed by atoms with E-state index in [0.717, 1.165) is 39.6 Å². The molecule has 6 aromatic rings. The van der Waals surface area contributed by atoms with Gasteiger partial charge in [0, 0.05) is 46.7 Å². The molecule has 45 heavy (non-hydrogen) atoms. The maximum absolute atomic E-state index is 6.57. The van der Waals surface area contributed by atoms with Gasteiger partial charge < -0.3 is 14.5 Å². The number of fused-ring (bicyclic) bond motifs is 4. The molecule has 8 rings (SSSR count). The summed E-state index contributed by atoms with van der Waals surface area (Å²) in [5.74, 6) is 2.47. The van der Waals surface area contributed by atoms with Crippen molar-refractivity contribution in [1.29, 1.82) is 0 Å². The number of anilines is 1. The summed E-state index contributed by atoms with van der Waals surface area (Å²) in [7, 11) is 0. The van der Waals surface area contributed by atoms with Crippen molar-refractivity contribution >= 4 is 33.2 Å². The molecular formula is C40H34N4O. The first-order valence-corrected chi connectivity index (χ1v) is 15.4. The number of pyridine rings is 1. The van der Waals surface area contributed by atoms with Crippen molar-refractivity contribution in [2.24, 2.45) is 0 Å². The molecule has 0 amide bonds. The minimum atomic E-state index is 0.0780. The molecule has 0 N–H and O–H groups in total. The average Bonchev–Trinajstić information content (AvgIpc) is 3.57. The van der Waals surface area contributed by atoms with Crippen LogP contribution in [0, 0.1) is 27.7 Å². The molecule has 0 radical (unpaired) electrons. The number of aryl methyl sites for hydroxylation is 4. The van der Waals surface area contributed by atoms with Crippen molar-refractivity contribution in [3.63, 3.8) is 0 Å². The van der Waals surface area contributed by atoms with Crippen molar-refractivity contribution in [2.75, 3.05) is 4.90 Å². The minimum absolute atomic E-state index is 0.0780. The van der Waals surface area contributed by atoms with Crippen LogP contribution in [0.2, 0.25) is 0 Å². The Morgan fingerprint density at radius 3 is 2.31 bits per heavy atom. The van der Waals surface area contributed by atoms with Gasteiger partial charge in [0.05, 0.1) is 16.7 Å². The lowest BCUT2D eigenvalue weighted by Crippen LogP contribution is -2.36.